The van der Waals surface area contributed by atoms with Gasteiger partial charge in [-0.3, -0.25) is 4.79 Å². The lowest BCUT2D eigenvalue weighted by Crippen LogP contribution is -2.51. The SMILES string of the molecule is CCC.CNC1=C2SNC2C(=O)N(C2CCCS2)CC1. The molecule has 0 radical (unpaired) electrons. The molecule has 2 atom stereocenters. The van der Waals surface area contributed by atoms with E-state index in [2.05, 4.69) is 28.8 Å². The fourth-order valence-electron chi connectivity index (χ4n) is 2.55. The number of carbonyl (C=O) groups excluding carboxylic acids is 1. The molecule has 0 aromatic carbocycles. The fraction of sp³-hybridized carbons (Fsp3) is 0.786. The molecular weight excluding hydrogens is 290 g/mol. The Balaban J connectivity index is 0.000000452. The average molecular weight is 316 g/mol. The van der Waals surface area contributed by atoms with Gasteiger partial charge in [0.2, 0.25) is 5.91 Å². The van der Waals surface area contributed by atoms with Gasteiger partial charge in [-0.1, -0.05) is 20.3 Å². The van der Waals surface area contributed by atoms with Crippen LogP contribution in [0, 0.1) is 0 Å². The zero-order valence-corrected chi connectivity index (χ0v) is 14.2. The van der Waals surface area contributed by atoms with Gasteiger partial charge in [-0.15, -0.1) is 11.8 Å². The Labute approximate surface area is 130 Å². The third kappa shape index (κ3) is 3.28. The van der Waals surface area contributed by atoms with E-state index in [4.69, 9.17) is 0 Å². The first kappa shape index (κ1) is 16.0. The maximum atomic E-state index is 12.4. The first-order valence-corrected chi connectivity index (χ1v) is 9.34. The normalized spacial score (nSPS) is 29.1. The van der Waals surface area contributed by atoms with Gasteiger partial charge in [-0.2, -0.15) is 0 Å². The van der Waals surface area contributed by atoms with Crippen LogP contribution in [0.15, 0.2) is 10.6 Å². The van der Waals surface area contributed by atoms with Crippen molar-refractivity contribution < 1.29 is 4.79 Å². The number of thioether (sulfide) groups is 1. The standard InChI is InChI=1S/C11H17N3OS2.C3H8/c1-12-7-4-5-14(8-3-2-6-16-8)11(15)9-10(7)17-13-9;1-3-2/h8-9,12-13H,2-6H2,1H3;3H2,1-2H3. The van der Waals surface area contributed by atoms with Gasteiger partial charge in [0.05, 0.1) is 5.37 Å². The summed E-state index contributed by atoms with van der Waals surface area (Å²) >= 11 is 3.53. The van der Waals surface area contributed by atoms with Crippen LogP contribution in [0.25, 0.3) is 0 Å². The summed E-state index contributed by atoms with van der Waals surface area (Å²) < 4.78 is 3.17. The summed E-state index contributed by atoms with van der Waals surface area (Å²) in [5.41, 5.74) is 1.23. The van der Waals surface area contributed by atoms with E-state index in [-0.39, 0.29) is 11.9 Å². The lowest BCUT2D eigenvalue weighted by atomic mass is 10.2. The minimum absolute atomic E-state index is 0.0776. The largest absolute Gasteiger partial charge is 0.391 e. The second kappa shape index (κ2) is 7.61. The van der Waals surface area contributed by atoms with Crippen molar-refractivity contribution in [2.24, 2.45) is 0 Å². The molecule has 3 rings (SSSR count). The van der Waals surface area contributed by atoms with Gasteiger partial charge in [-0.05, 0) is 30.5 Å². The Kier molecular flexibility index (Phi) is 6.11. The summed E-state index contributed by atoms with van der Waals surface area (Å²) in [5, 5.41) is 3.65. The van der Waals surface area contributed by atoms with Gasteiger partial charge in [0.1, 0.15) is 6.04 Å². The van der Waals surface area contributed by atoms with E-state index in [9.17, 15) is 4.79 Å². The fourth-order valence-corrected chi connectivity index (χ4v) is 4.76. The van der Waals surface area contributed by atoms with Crippen LogP contribution in [0.5, 0.6) is 0 Å². The van der Waals surface area contributed by atoms with Crippen LogP contribution < -0.4 is 10.0 Å². The molecule has 4 nitrogen and oxygen atoms in total. The van der Waals surface area contributed by atoms with Gasteiger partial charge < -0.3 is 10.2 Å². The second-order valence-electron chi connectivity index (χ2n) is 5.20. The molecule has 0 aromatic heterocycles. The molecule has 1 amide bonds. The molecule has 0 aliphatic carbocycles. The monoisotopic (exact) mass is 315 g/mol. The van der Waals surface area contributed by atoms with E-state index >= 15 is 0 Å². The Morgan fingerprint density at radius 3 is 2.70 bits per heavy atom. The van der Waals surface area contributed by atoms with Crippen LogP contribution in [-0.4, -0.2) is 41.6 Å². The molecular formula is C14H25N3OS2. The number of nitrogens with one attached hydrogen (secondary N) is 2. The first-order chi connectivity index (χ1) is 9.72. The zero-order chi connectivity index (χ0) is 14.5. The summed E-state index contributed by atoms with van der Waals surface area (Å²) in [6.45, 7) is 5.11. The average Bonchev–Trinajstić information content (AvgIpc) is 2.88. The number of carbonyl (C=O) groups is 1. The molecule has 0 aromatic rings. The zero-order valence-electron chi connectivity index (χ0n) is 12.6. The molecule has 2 N–H and O–H groups in total. The molecule has 3 heterocycles. The molecule has 0 spiro atoms. The van der Waals surface area contributed by atoms with Crippen molar-refractivity contribution in [3.63, 3.8) is 0 Å². The van der Waals surface area contributed by atoms with Crippen molar-refractivity contribution in [2.45, 2.75) is 50.9 Å². The molecule has 2 unspecified atom stereocenters. The maximum absolute atomic E-state index is 12.4. The summed E-state index contributed by atoms with van der Waals surface area (Å²) in [7, 11) is 1.95. The highest BCUT2D eigenvalue weighted by molar-refractivity contribution is 8.03. The Hall–Kier alpha value is -0.330. The van der Waals surface area contributed by atoms with Crippen molar-refractivity contribution in [2.75, 3.05) is 19.3 Å². The van der Waals surface area contributed by atoms with Gasteiger partial charge in [0.15, 0.2) is 0 Å². The Morgan fingerprint density at radius 1 is 1.45 bits per heavy atom. The highest BCUT2D eigenvalue weighted by Gasteiger charge is 2.41. The lowest BCUT2D eigenvalue weighted by molar-refractivity contribution is -0.132. The van der Waals surface area contributed by atoms with Crippen molar-refractivity contribution in [3.05, 3.63) is 10.6 Å². The Morgan fingerprint density at radius 2 is 2.20 bits per heavy atom. The summed E-state index contributed by atoms with van der Waals surface area (Å²) in [4.78, 5) is 15.7. The summed E-state index contributed by atoms with van der Waals surface area (Å²) in [5.74, 6) is 1.46. The molecule has 20 heavy (non-hydrogen) atoms. The highest BCUT2D eigenvalue weighted by atomic mass is 32.2. The van der Waals surface area contributed by atoms with Crippen LogP contribution in [0.1, 0.15) is 39.5 Å². The number of hydrogen-bond acceptors (Lipinski definition) is 5. The van der Waals surface area contributed by atoms with Crippen molar-refractivity contribution in [1.29, 1.82) is 0 Å². The molecule has 6 heteroatoms. The van der Waals surface area contributed by atoms with E-state index in [0.29, 0.717) is 5.37 Å². The quantitative estimate of drug-likeness (QED) is 0.767. The second-order valence-corrected chi connectivity index (χ2v) is 7.37. The molecule has 3 aliphatic heterocycles. The smallest absolute Gasteiger partial charge is 0.246 e. The first-order valence-electron chi connectivity index (χ1n) is 7.48. The number of fused-ring (bicyclic) bond motifs is 1. The van der Waals surface area contributed by atoms with Crippen LogP contribution in [0.2, 0.25) is 0 Å². The summed E-state index contributed by atoms with van der Waals surface area (Å²) in [6.07, 6.45) is 4.60. The third-order valence-corrected chi connectivity index (χ3v) is 5.99. The maximum Gasteiger partial charge on any atom is 0.246 e. The van der Waals surface area contributed by atoms with Crippen LogP contribution in [-0.2, 0) is 4.79 Å². The van der Waals surface area contributed by atoms with Crippen molar-refractivity contribution >= 4 is 29.6 Å². The third-order valence-electron chi connectivity index (χ3n) is 3.53. The molecule has 2 saturated heterocycles. The number of amides is 1. The molecule has 0 bridgehead atoms. The Bertz CT molecular complexity index is 381. The molecule has 3 aliphatic rings. The minimum atomic E-state index is -0.0776. The van der Waals surface area contributed by atoms with Crippen LogP contribution in [0.3, 0.4) is 0 Å². The number of nitrogens with zero attached hydrogens (tertiary/aromatic N) is 1. The van der Waals surface area contributed by atoms with E-state index < -0.39 is 0 Å². The highest BCUT2D eigenvalue weighted by Crippen LogP contribution is 2.38. The van der Waals surface area contributed by atoms with E-state index in [1.54, 1.807) is 11.9 Å². The molecule has 114 valence electrons. The van der Waals surface area contributed by atoms with Gasteiger partial charge in [0, 0.05) is 30.6 Å². The topological polar surface area (TPSA) is 44.4 Å². The van der Waals surface area contributed by atoms with Gasteiger partial charge in [-0.25, -0.2) is 4.72 Å². The van der Waals surface area contributed by atoms with E-state index in [1.165, 1.54) is 29.2 Å². The summed E-state index contributed by atoms with van der Waals surface area (Å²) in [6, 6.07) is -0.0776. The predicted octanol–water partition coefficient (Wildman–Crippen LogP) is 2.54. The van der Waals surface area contributed by atoms with Crippen LogP contribution in [0.4, 0.5) is 0 Å². The van der Waals surface area contributed by atoms with Crippen molar-refractivity contribution in [3.8, 4) is 0 Å². The molecule has 2 fully saturated rings. The predicted molar refractivity (Wildman–Crippen MR) is 88.4 cm³/mol. The number of rotatable bonds is 2. The van der Waals surface area contributed by atoms with Crippen molar-refractivity contribution in [1.82, 2.24) is 14.9 Å². The van der Waals surface area contributed by atoms with Crippen LogP contribution >= 0.6 is 23.7 Å². The van der Waals surface area contributed by atoms with E-state index in [0.717, 1.165) is 19.4 Å². The van der Waals surface area contributed by atoms with E-state index in [1.807, 2.05) is 18.8 Å². The molecule has 0 saturated carbocycles. The van der Waals surface area contributed by atoms with Gasteiger partial charge >= 0.3 is 0 Å². The minimum Gasteiger partial charge on any atom is -0.391 e. The number of hydrogen-bond donors (Lipinski definition) is 2. The van der Waals surface area contributed by atoms with Gasteiger partial charge in [0.25, 0.3) is 0 Å². The lowest BCUT2D eigenvalue weighted by Gasteiger charge is -2.34.